The first-order valence-electron chi connectivity index (χ1n) is 5.25. The van der Waals surface area contributed by atoms with Gasteiger partial charge in [-0.15, -0.1) is 0 Å². The summed E-state index contributed by atoms with van der Waals surface area (Å²) in [5.41, 5.74) is 0.147. The zero-order valence-corrected chi connectivity index (χ0v) is 9.27. The van der Waals surface area contributed by atoms with Gasteiger partial charge in [0.2, 0.25) is 0 Å². The van der Waals surface area contributed by atoms with Crippen LogP contribution >= 0.6 is 0 Å². The fraction of sp³-hybridized carbons (Fsp3) is 0.154. The highest BCUT2D eigenvalue weighted by molar-refractivity contribution is 5.96. The molecule has 0 aliphatic rings. The molecule has 0 spiro atoms. The molecule has 0 fully saturated rings. The van der Waals surface area contributed by atoms with Crippen LogP contribution in [0, 0.1) is 0 Å². The Labute approximate surface area is 102 Å². The minimum absolute atomic E-state index is 0.147. The topological polar surface area (TPSA) is 46.5 Å². The van der Waals surface area contributed by atoms with Crippen LogP contribution < -0.4 is 4.74 Å². The number of hydrogen-bond acceptors (Lipinski definition) is 2. The van der Waals surface area contributed by atoms with Crippen molar-refractivity contribution in [1.82, 2.24) is 0 Å². The largest absolute Gasteiger partial charge is 0.487 e. The van der Waals surface area contributed by atoms with Crippen LogP contribution in [0.25, 0.3) is 10.8 Å². The highest BCUT2D eigenvalue weighted by Crippen LogP contribution is 2.26. The highest BCUT2D eigenvalue weighted by atomic mass is 19.3. The molecule has 0 heterocycles. The summed E-state index contributed by atoms with van der Waals surface area (Å²) in [6.45, 7) is -0.681. The van der Waals surface area contributed by atoms with Crippen molar-refractivity contribution in [2.45, 2.75) is 6.43 Å². The van der Waals surface area contributed by atoms with Gasteiger partial charge in [-0.05, 0) is 29.7 Å². The SMILES string of the molecule is O=C(O)c1ccc2c(OCC(F)F)cccc2c1. The fourth-order valence-corrected chi connectivity index (χ4v) is 1.67. The van der Waals surface area contributed by atoms with Crippen molar-refractivity contribution in [3.63, 3.8) is 0 Å². The predicted octanol–water partition coefficient (Wildman–Crippen LogP) is 3.18. The molecule has 18 heavy (non-hydrogen) atoms. The average molecular weight is 252 g/mol. The van der Waals surface area contributed by atoms with E-state index in [0.29, 0.717) is 16.5 Å². The van der Waals surface area contributed by atoms with E-state index in [1.807, 2.05) is 0 Å². The summed E-state index contributed by atoms with van der Waals surface area (Å²) in [7, 11) is 0. The molecular formula is C13H10F2O3. The number of carboxylic acids is 1. The van der Waals surface area contributed by atoms with Crippen molar-refractivity contribution < 1.29 is 23.4 Å². The minimum Gasteiger partial charge on any atom is -0.487 e. The van der Waals surface area contributed by atoms with E-state index in [1.54, 1.807) is 24.3 Å². The number of rotatable bonds is 4. The number of hydrogen-bond donors (Lipinski definition) is 1. The zero-order valence-electron chi connectivity index (χ0n) is 9.27. The van der Waals surface area contributed by atoms with E-state index in [1.165, 1.54) is 12.1 Å². The molecule has 0 atom stereocenters. The number of ether oxygens (including phenoxy) is 1. The van der Waals surface area contributed by atoms with Crippen LogP contribution in [-0.2, 0) is 0 Å². The lowest BCUT2D eigenvalue weighted by molar-refractivity contribution is 0.0697. The minimum atomic E-state index is -2.54. The molecule has 0 radical (unpaired) electrons. The molecule has 2 aromatic carbocycles. The van der Waals surface area contributed by atoms with Crippen molar-refractivity contribution in [3.8, 4) is 5.75 Å². The normalized spacial score (nSPS) is 10.8. The standard InChI is InChI=1S/C13H10F2O3/c14-12(15)7-18-11-3-1-2-8-6-9(13(16)17)4-5-10(8)11/h1-6,12H,7H2,(H,16,17). The second-order valence-corrected chi connectivity index (χ2v) is 3.70. The Bertz CT molecular complexity index is 581. The first-order chi connectivity index (χ1) is 8.58. The van der Waals surface area contributed by atoms with E-state index in [9.17, 15) is 13.6 Å². The lowest BCUT2D eigenvalue weighted by Gasteiger charge is -2.09. The van der Waals surface area contributed by atoms with Gasteiger partial charge in [0.1, 0.15) is 12.4 Å². The Morgan fingerprint density at radius 3 is 2.72 bits per heavy atom. The molecule has 0 aromatic heterocycles. The van der Waals surface area contributed by atoms with Crippen LogP contribution in [0.5, 0.6) is 5.75 Å². The Balaban J connectivity index is 2.40. The van der Waals surface area contributed by atoms with Crippen LogP contribution in [0.4, 0.5) is 8.78 Å². The highest BCUT2D eigenvalue weighted by Gasteiger charge is 2.09. The third-order valence-corrected chi connectivity index (χ3v) is 2.45. The van der Waals surface area contributed by atoms with Gasteiger partial charge in [-0.25, -0.2) is 13.6 Å². The van der Waals surface area contributed by atoms with Gasteiger partial charge < -0.3 is 9.84 Å². The molecule has 0 aliphatic heterocycles. The quantitative estimate of drug-likeness (QED) is 0.909. The van der Waals surface area contributed by atoms with Crippen LogP contribution in [0.15, 0.2) is 36.4 Å². The molecule has 0 unspecified atom stereocenters. The molecule has 2 aromatic rings. The molecule has 0 aliphatic carbocycles. The maximum atomic E-state index is 12.1. The van der Waals surface area contributed by atoms with Gasteiger partial charge >= 0.3 is 5.97 Å². The number of alkyl halides is 2. The predicted molar refractivity (Wildman–Crippen MR) is 62.4 cm³/mol. The summed E-state index contributed by atoms with van der Waals surface area (Å²) in [4.78, 5) is 10.8. The van der Waals surface area contributed by atoms with Crippen LogP contribution in [0.2, 0.25) is 0 Å². The maximum absolute atomic E-state index is 12.1. The maximum Gasteiger partial charge on any atom is 0.335 e. The van der Waals surface area contributed by atoms with Crippen molar-refractivity contribution in [3.05, 3.63) is 42.0 Å². The molecule has 3 nitrogen and oxygen atoms in total. The smallest absolute Gasteiger partial charge is 0.335 e. The van der Waals surface area contributed by atoms with Crippen molar-refractivity contribution >= 4 is 16.7 Å². The van der Waals surface area contributed by atoms with Crippen molar-refractivity contribution in [1.29, 1.82) is 0 Å². The second kappa shape index (κ2) is 5.00. The van der Waals surface area contributed by atoms with Gasteiger partial charge in [-0.3, -0.25) is 0 Å². The van der Waals surface area contributed by atoms with Gasteiger partial charge in [0.25, 0.3) is 6.43 Å². The number of carbonyl (C=O) groups is 1. The van der Waals surface area contributed by atoms with Crippen LogP contribution in [0.3, 0.4) is 0 Å². The number of aromatic carboxylic acids is 1. The molecule has 2 rings (SSSR count). The van der Waals surface area contributed by atoms with E-state index >= 15 is 0 Å². The molecule has 5 heteroatoms. The summed E-state index contributed by atoms with van der Waals surface area (Å²) in [5.74, 6) is -0.708. The summed E-state index contributed by atoms with van der Waals surface area (Å²) >= 11 is 0. The second-order valence-electron chi connectivity index (χ2n) is 3.70. The van der Waals surface area contributed by atoms with E-state index in [-0.39, 0.29) is 5.56 Å². The Kier molecular flexibility index (Phi) is 3.41. The number of carboxylic acid groups (broad SMARTS) is 1. The van der Waals surface area contributed by atoms with Crippen molar-refractivity contribution in [2.75, 3.05) is 6.61 Å². The summed E-state index contributed by atoms with van der Waals surface area (Å²) in [6, 6.07) is 9.36. The molecular weight excluding hydrogens is 242 g/mol. The molecule has 0 amide bonds. The van der Waals surface area contributed by atoms with Gasteiger partial charge in [0.15, 0.2) is 0 Å². The van der Waals surface area contributed by atoms with Crippen LogP contribution in [-0.4, -0.2) is 24.1 Å². The molecule has 94 valence electrons. The average Bonchev–Trinajstić information content (AvgIpc) is 2.35. The molecule has 0 bridgehead atoms. The summed E-state index contributed by atoms with van der Waals surface area (Å²) < 4.78 is 29.2. The van der Waals surface area contributed by atoms with E-state index < -0.39 is 19.0 Å². The third kappa shape index (κ3) is 2.56. The summed E-state index contributed by atoms with van der Waals surface area (Å²) in [5, 5.41) is 10.1. The molecule has 1 N–H and O–H groups in total. The third-order valence-electron chi connectivity index (χ3n) is 2.45. The molecule has 0 saturated heterocycles. The van der Waals surface area contributed by atoms with Gasteiger partial charge in [0.05, 0.1) is 5.56 Å². The molecule has 0 saturated carbocycles. The number of benzene rings is 2. The number of fused-ring (bicyclic) bond motifs is 1. The Morgan fingerprint density at radius 1 is 1.28 bits per heavy atom. The van der Waals surface area contributed by atoms with Gasteiger partial charge in [-0.2, -0.15) is 0 Å². The Morgan fingerprint density at radius 2 is 2.06 bits per heavy atom. The van der Waals surface area contributed by atoms with Gasteiger partial charge in [0, 0.05) is 5.39 Å². The Hall–Kier alpha value is -2.17. The van der Waals surface area contributed by atoms with E-state index in [2.05, 4.69) is 0 Å². The first-order valence-corrected chi connectivity index (χ1v) is 5.25. The van der Waals surface area contributed by atoms with E-state index in [0.717, 1.165) is 0 Å². The van der Waals surface area contributed by atoms with Crippen LogP contribution in [0.1, 0.15) is 10.4 Å². The van der Waals surface area contributed by atoms with Crippen molar-refractivity contribution in [2.24, 2.45) is 0 Å². The van der Waals surface area contributed by atoms with Gasteiger partial charge in [-0.1, -0.05) is 12.1 Å². The monoisotopic (exact) mass is 252 g/mol. The zero-order chi connectivity index (χ0) is 13.1. The van der Waals surface area contributed by atoms with E-state index in [4.69, 9.17) is 9.84 Å². The lowest BCUT2D eigenvalue weighted by atomic mass is 10.1. The first kappa shape index (κ1) is 12.3. The lowest BCUT2D eigenvalue weighted by Crippen LogP contribution is -2.07. The number of halogens is 2. The fourth-order valence-electron chi connectivity index (χ4n) is 1.67. The summed E-state index contributed by atoms with van der Waals surface area (Å²) in [6.07, 6.45) is -2.54.